The fourth-order valence-corrected chi connectivity index (χ4v) is 3.26. The number of rotatable bonds is 6. The zero-order chi connectivity index (χ0) is 14.4. The monoisotopic (exact) mass is 353 g/mol. The Kier molecular flexibility index (Phi) is 5.34. The first-order valence-electron chi connectivity index (χ1n) is 6.31. The summed E-state index contributed by atoms with van der Waals surface area (Å²) in [5.74, 6) is 0.0220. The maximum atomic E-state index is 11.9. The fraction of sp³-hybridized carbons (Fsp3) is 0.200. The molecule has 0 aliphatic rings. The van der Waals surface area contributed by atoms with E-state index >= 15 is 0 Å². The van der Waals surface area contributed by atoms with Crippen LogP contribution in [0.2, 0.25) is 0 Å². The summed E-state index contributed by atoms with van der Waals surface area (Å²) in [6.45, 7) is 0.413. The van der Waals surface area contributed by atoms with Crippen LogP contribution >= 0.6 is 15.9 Å². The maximum absolute atomic E-state index is 11.9. The number of benzene rings is 2. The highest BCUT2D eigenvalue weighted by Crippen LogP contribution is 2.11. The molecule has 0 radical (unpaired) electrons. The van der Waals surface area contributed by atoms with Gasteiger partial charge in [-0.05, 0) is 29.7 Å². The molecule has 0 bridgehead atoms. The molecule has 0 aliphatic carbocycles. The van der Waals surface area contributed by atoms with E-state index in [9.17, 15) is 8.42 Å². The third-order valence-electron chi connectivity index (χ3n) is 2.85. The fourth-order valence-electron chi connectivity index (χ4n) is 1.85. The van der Waals surface area contributed by atoms with Crippen LogP contribution < -0.4 is 4.72 Å². The van der Waals surface area contributed by atoms with Crippen molar-refractivity contribution in [1.29, 1.82) is 0 Å². The minimum absolute atomic E-state index is 0.0220. The normalized spacial score (nSPS) is 11.4. The van der Waals surface area contributed by atoms with Crippen molar-refractivity contribution in [3.05, 3.63) is 70.2 Å². The first-order valence-corrected chi connectivity index (χ1v) is 8.75. The summed E-state index contributed by atoms with van der Waals surface area (Å²) in [5, 5.41) is 0. The van der Waals surface area contributed by atoms with Crippen molar-refractivity contribution in [2.45, 2.75) is 12.2 Å². The van der Waals surface area contributed by atoms with Crippen LogP contribution in [0.4, 0.5) is 0 Å². The lowest BCUT2D eigenvalue weighted by atomic mass is 10.2. The van der Waals surface area contributed by atoms with Crippen LogP contribution in [-0.2, 0) is 22.2 Å². The molecule has 0 fully saturated rings. The largest absolute Gasteiger partial charge is 0.215 e. The Hall–Kier alpha value is -1.17. The van der Waals surface area contributed by atoms with Crippen molar-refractivity contribution in [2.24, 2.45) is 0 Å². The molecule has 3 nitrogen and oxygen atoms in total. The standard InChI is InChI=1S/C15H16BrNO2S/c16-15-8-6-13(7-9-15)10-11-17-20(18,19)12-14-4-2-1-3-5-14/h1-9,17H,10-12H2. The van der Waals surface area contributed by atoms with Crippen LogP contribution in [0.25, 0.3) is 0 Å². The summed E-state index contributed by atoms with van der Waals surface area (Å²) >= 11 is 3.37. The van der Waals surface area contributed by atoms with Crippen molar-refractivity contribution < 1.29 is 8.42 Å². The Bertz CT molecular complexity index is 639. The van der Waals surface area contributed by atoms with Crippen LogP contribution in [-0.4, -0.2) is 15.0 Å². The number of nitrogens with one attached hydrogen (secondary N) is 1. The molecular weight excluding hydrogens is 338 g/mol. The Morgan fingerprint density at radius 1 is 0.900 bits per heavy atom. The third kappa shape index (κ3) is 5.07. The van der Waals surface area contributed by atoms with Gasteiger partial charge in [0.15, 0.2) is 0 Å². The van der Waals surface area contributed by atoms with Crippen LogP contribution in [0.5, 0.6) is 0 Å². The van der Waals surface area contributed by atoms with Gasteiger partial charge in [-0.1, -0.05) is 58.4 Å². The van der Waals surface area contributed by atoms with Gasteiger partial charge in [-0.25, -0.2) is 13.1 Å². The SMILES string of the molecule is O=S(=O)(Cc1ccccc1)NCCc1ccc(Br)cc1. The molecule has 2 rings (SSSR count). The molecule has 0 aliphatic heterocycles. The second-order valence-electron chi connectivity index (χ2n) is 4.52. The molecule has 0 spiro atoms. The van der Waals surface area contributed by atoms with Crippen molar-refractivity contribution in [1.82, 2.24) is 4.72 Å². The van der Waals surface area contributed by atoms with Gasteiger partial charge in [-0.2, -0.15) is 0 Å². The van der Waals surface area contributed by atoms with E-state index in [1.807, 2.05) is 54.6 Å². The van der Waals surface area contributed by atoms with Crippen LogP contribution in [0.1, 0.15) is 11.1 Å². The van der Waals surface area contributed by atoms with Crippen molar-refractivity contribution in [3.8, 4) is 0 Å². The van der Waals surface area contributed by atoms with Gasteiger partial charge in [0.1, 0.15) is 0 Å². The quantitative estimate of drug-likeness (QED) is 0.867. The van der Waals surface area contributed by atoms with Crippen LogP contribution in [0.15, 0.2) is 59.1 Å². The topological polar surface area (TPSA) is 46.2 Å². The van der Waals surface area contributed by atoms with E-state index in [1.165, 1.54) is 0 Å². The first kappa shape index (κ1) is 15.2. The summed E-state index contributed by atoms with van der Waals surface area (Å²) in [6, 6.07) is 17.0. The predicted molar refractivity (Wildman–Crippen MR) is 84.9 cm³/mol. The van der Waals surface area contributed by atoms with Crippen LogP contribution in [0, 0.1) is 0 Å². The van der Waals surface area contributed by atoms with Crippen molar-refractivity contribution >= 4 is 26.0 Å². The minimum atomic E-state index is -3.27. The molecule has 1 N–H and O–H groups in total. The van der Waals surface area contributed by atoms with Crippen molar-refractivity contribution in [3.63, 3.8) is 0 Å². The number of hydrogen-bond acceptors (Lipinski definition) is 2. The molecule has 0 aromatic heterocycles. The molecule has 2 aromatic carbocycles. The van der Waals surface area contributed by atoms with E-state index in [2.05, 4.69) is 20.7 Å². The number of sulfonamides is 1. The highest BCUT2D eigenvalue weighted by atomic mass is 79.9. The smallest absolute Gasteiger partial charge is 0.215 e. The van der Waals surface area contributed by atoms with E-state index in [0.717, 1.165) is 15.6 Å². The molecule has 0 unspecified atom stereocenters. The van der Waals surface area contributed by atoms with E-state index in [0.29, 0.717) is 13.0 Å². The molecule has 0 amide bonds. The van der Waals surface area contributed by atoms with Gasteiger partial charge in [0, 0.05) is 11.0 Å². The lowest BCUT2D eigenvalue weighted by Crippen LogP contribution is -2.27. The maximum Gasteiger partial charge on any atom is 0.215 e. The van der Waals surface area contributed by atoms with E-state index < -0.39 is 10.0 Å². The lowest BCUT2D eigenvalue weighted by molar-refractivity contribution is 0.581. The van der Waals surface area contributed by atoms with Gasteiger partial charge in [0.2, 0.25) is 10.0 Å². The van der Waals surface area contributed by atoms with E-state index in [-0.39, 0.29) is 5.75 Å². The zero-order valence-electron chi connectivity index (χ0n) is 10.9. The number of hydrogen-bond donors (Lipinski definition) is 1. The first-order chi connectivity index (χ1) is 9.55. The van der Waals surface area contributed by atoms with Gasteiger partial charge >= 0.3 is 0 Å². The summed E-state index contributed by atoms with van der Waals surface area (Å²) < 4.78 is 27.5. The Balaban J connectivity index is 1.85. The molecule has 20 heavy (non-hydrogen) atoms. The molecule has 106 valence electrons. The molecule has 5 heteroatoms. The predicted octanol–water partition coefficient (Wildman–Crippen LogP) is 3.11. The Morgan fingerprint density at radius 2 is 1.55 bits per heavy atom. The molecule has 0 saturated heterocycles. The highest BCUT2D eigenvalue weighted by Gasteiger charge is 2.10. The summed E-state index contributed by atoms with van der Waals surface area (Å²) in [7, 11) is -3.27. The van der Waals surface area contributed by atoms with Gasteiger partial charge in [-0.3, -0.25) is 0 Å². The summed E-state index contributed by atoms with van der Waals surface area (Å²) in [4.78, 5) is 0. The molecule has 2 aromatic rings. The zero-order valence-corrected chi connectivity index (χ0v) is 13.3. The Morgan fingerprint density at radius 3 is 2.20 bits per heavy atom. The third-order valence-corrected chi connectivity index (χ3v) is 4.73. The average Bonchev–Trinajstić information content (AvgIpc) is 2.41. The molecule has 0 heterocycles. The lowest BCUT2D eigenvalue weighted by Gasteiger charge is -2.07. The van der Waals surface area contributed by atoms with Gasteiger partial charge in [-0.15, -0.1) is 0 Å². The second kappa shape index (κ2) is 7.02. The molecular formula is C15H16BrNO2S. The van der Waals surface area contributed by atoms with Crippen LogP contribution in [0.3, 0.4) is 0 Å². The molecule has 0 atom stereocenters. The van der Waals surface area contributed by atoms with E-state index in [1.54, 1.807) is 0 Å². The minimum Gasteiger partial charge on any atom is -0.215 e. The summed E-state index contributed by atoms with van der Waals surface area (Å²) in [5.41, 5.74) is 1.90. The van der Waals surface area contributed by atoms with E-state index in [4.69, 9.17) is 0 Å². The van der Waals surface area contributed by atoms with Gasteiger partial charge in [0.25, 0.3) is 0 Å². The second-order valence-corrected chi connectivity index (χ2v) is 7.24. The van der Waals surface area contributed by atoms with Gasteiger partial charge < -0.3 is 0 Å². The van der Waals surface area contributed by atoms with Crippen molar-refractivity contribution in [2.75, 3.05) is 6.54 Å². The highest BCUT2D eigenvalue weighted by molar-refractivity contribution is 9.10. The van der Waals surface area contributed by atoms with Gasteiger partial charge in [0.05, 0.1) is 5.75 Å². The average molecular weight is 354 g/mol. The summed E-state index contributed by atoms with van der Waals surface area (Å²) in [6.07, 6.45) is 0.682. The number of halogens is 1. The molecule has 0 saturated carbocycles. The Labute approximate surface area is 128 Å².